The molecular formula is C38H23N5. The maximum absolute atomic E-state index is 4.82. The van der Waals surface area contributed by atoms with Gasteiger partial charge in [0.05, 0.1) is 22.1 Å². The van der Waals surface area contributed by atoms with Gasteiger partial charge in [0.25, 0.3) is 0 Å². The monoisotopic (exact) mass is 549 g/mol. The number of rotatable bonds is 2. The first-order valence-corrected chi connectivity index (χ1v) is 14.5. The van der Waals surface area contributed by atoms with E-state index < -0.39 is 0 Å². The van der Waals surface area contributed by atoms with E-state index in [2.05, 4.69) is 129 Å². The van der Waals surface area contributed by atoms with Crippen LogP contribution in [0.2, 0.25) is 0 Å². The molecule has 10 rings (SSSR count). The lowest BCUT2D eigenvalue weighted by atomic mass is 10.0. The molecule has 5 aromatic carbocycles. The number of benzene rings is 5. The molecule has 0 spiro atoms. The summed E-state index contributed by atoms with van der Waals surface area (Å²) in [6, 6.07) is 43.6. The number of hydrogen-bond donors (Lipinski definition) is 0. The molecule has 5 heteroatoms. The number of hydrogen-bond acceptors (Lipinski definition) is 2. The molecule has 43 heavy (non-hydrogen) atoms. The van der Waals surface area contributed by atoms with Crippen LogP contribution < -0.4 is 0 Å². The predicted molar refractivity (Wildman–Crippen MR) is 177 cm³/mol. The maximum Gasteiger partial charge on any atom is 0.146 e. The van der Waals surface area contributed by atoms with Gasteiger partial charge in [-0.25, -0.2) is 9.97 Å². The molecule has 0 aliphatic rings. The summed E-state index contributed by atoms with van der Waals surface area (Å²) in [7, 11) is 0. The summed E-state index contributed by atoms with van der Waals surface area (Å²) in [5.41, 5.74) is 8.85. The Morgan fingerprint density at radius 2 is 1.12 bits per heavy atom. The molecule has 0 aliphatic heterocycles. The largest absolute Gasteiger partial charge is 0.309 e. The third-order valence-corrected chi connectivity index (χ3v) is 8.92. The number of nitrogens with zero attached hydrogens (tertiary/aromatic N) is 5. The molecular weight excluding hydrogens is 526 g/mol. The first-order valence-electron chi connectivity index (χ1n) is 14.5. The molecule has 5 aromatic heterocycles. The minimum atomic E-state index is 0.913. The Balaban J connectivity index is 1.51. The zero-order valence-corrected chi connectivity index (χ0v) is 23.0. The number of fused-ring (bicyclic) bond motifs is 13. The van der Waals surface area contributed by atoms with Gasteiger partial charge in [0.15, 0.2) is 0 Å². The van der Waals surface area contributed by atoms with Crippen LogP contribution in [0.3, 0.4) is 0 Å². The van der Waals surface area contributed by atoms with Crippen LogP contribution in [-0.2, 0) is 0 Å². The van der Waals surface area contributed by atoms with Crippen molar-refractivity contribution in [3.63, 3.8) is 0 Å². The van der Waals surface area contributed by atoms with Crippen molar-refractivity contribution in [1.29, 1.82) is 0 Å². The first-order chi connectivity index (χ1) is 21.4. The summed E-state index contributed by atoms with van der Waals surface area (Å²) in [6.45, 7) is 0. The van der Waals surface area contributed by atoms with Gasteiger partial charge in [-0.05, 0) is 66.0 Å². The molecule has 200 valence electrons. The number of pyridine rings is 2. The molecule has 0 aliphatic carbocycles. The molecule has 5 nitrogen and oxygen atoms in total. The van der Waals surface area contributed by atoms with Gasteiger partial charge in [0, 0.05) is 62.3 Å². The molecule has 0 radical (unpaired) electrons. The van der Waals surface area contributed by atoms with Crippen LogP contribution in [0, 0.1) is 0 Å². The lowest BCUT2D eigenvalue weighted by molar-refractivity contribution is 1.17. The fourth-order valence-electron chi connectivity index (χ4n) is 7.18. The lowest BCUT2D eigenvalue weighted by Crippen LogP contribution is -1.95. The van der Waals surface area contributed by atoms with E-state index in [9.17, 15) is 0 Å². The fraction of sp³-hybridized carbons (Fsp3) is 0. The van der Waals surface area contributed by atoms with E-state index in [0.717, 1.165) is 44.3 Å². The van der Waals surface area contributed by atoms with Gasteiger partial charge in [-0.15, -0.1) is 0 Å². The molecule has 0 bridgehead atoms. The van der Waals surface area contributed by atoms with Crippen LogP contribution >= 0.6 is 0 Å². The Bertz CT molecular complexity index is 2710. The standard InChI is InChI=1S/C38H23N5/c1-3-10-24(11-4-1)42-33-18-17-27-26-14-7-8-16-32(26)43(25-12-5-2-6-13-25)36(27)35(33)31-22-30-29(23-34(31)42)28-15-9-19-39-37(28)41-21-20-40-38(30)41/h1-23H. The second kappa shape index (κ2) is 8.30. The highest BCUT2D eigenvalue weighted by Crippen LogP contribution is 2.44. The predicted octanol–water partition coefficient (Wildman–Crippen LogP) is 9.23. The molecule has 0 saturated carbocycles. The molecule has 0 unspecified atom stereocenters. The molecule has 0 fully saturated rings. The van der Waals surface area contributed by atoms with Crippen molar-refractivity contribution >= 4 is 71.1 Å². The summed E-state index contributed by atoms with van der Waals surface area (Å²) in [4.78, 5) is 9.58. The van der Waals surface area contributed by atoms with Gasteiger partial charge in [-0.3, -0.25) is 4.40 Å². The van der Waals surface area contributed by atoms with Gasteiger partial charge in [0.2, 0.25) is 0 Å². The van der Waals surface area contributed by atoms with E-state index in [0.29, 0.717) is 0 Å². The summed E-state index contributed by atoms with van der Waals surface area (Å²) in [6.07, 6.45) is 5.73. The Morgan fingerprint density at radius 1 is 0.419 bits per heavy atom. The van der Waals surface area contributed by atoms with Crippen LogP contribution in [0.5, 0.6) is 0 Å². The molecule has 5 heterocycles. The first kappa shape index (κ1) is 22.7. The number of para-hydroxylation sites is 3. The summed E-state index contributed by atoms with van der Waals surface area (Å²) >= 11 is 0. The molecule has 0 N–H and O–H groups in total. The fourth-order valence-corrected chi connectivity index (χ4v) is 7.18. The average Bonchev–Trinajstić information content (AvgIpc) is 3.78. The van der Waals surface area contributed by atoms with Gasteiger partial charge in [-0.2, -0.15) is 0 Å². The smallest absolute Gasteiger partial charge is 0.146 e. The summed E-state index contributed by atoms with van der Waals surface area (Å²) in [5.74, 6) is 0. The van der Waals surface area contributed by atoms with Crippen LogP contribution in [-0.4, -0.2) is 23.5 Å². The van der Waals surface area contributed by atoms with Gasteiger partial charge in [-0.1, -0.05) is 60.7 Å². The normalized spacial score (nSPS) is 12.2. The van der Waals surface area contributed by atoms with E-state index in [4.69, 9.17) is 9.97 Å². The minimum absolute atomic E-state index is 0.913. The van der Waals surface area contributed by atoms with Crippen molar-refractivity contribution < 1.29 is 0 Å². The SMILES string of the molecule is c1ccc(-n2c3cc4c5cccnc5n5ccnc5c4cc3c3c2ccc2c4ccccc4n(-c4ccccc4)c23)cc1. The van der Waals surface area contributed by atoms with Crippen molar-refractivity contribution in [1.82, 2.24) is 23.5 Å². The van der Waals surface area contributed by atoms with Crippen molar-refractivity contribution in [2.24, 2.45) is 0 Å². The van der Waals surface area contributed by atoms with Gasteiger partial charge < -0.3 is 9.13 Å². The van der Waals surface area contributed by atoms with Crippen LogP contribution in [0.1, 0.15) is 0 Å². The van der Waals surface area contributed by atoms with E-state index >= 15 is 0 Å². The topological polar surface area (TPSA) is 40.1 Å². The van der Waals surface area contributed by atoms with E-state index in [-0.39, 0.29) is 0 Å². The molecule has 0 amide bonds. The maximum atomic E-state index is 4.82. The Kier molecular flexibility index (Phi) is 4.39. The van der Waals surface area contributed by atoms with E-state index in [1.165, 1.54) is 38.1 Å². The third-order valence-electron chi connectivity index (χ3n) is 8.92. The lowest BCUT2D eigenvalue weighted by Gasteiger charge is -2.10. The highest BCUT2D eigenvalue weighted by molar-refractivity contribution is 6.28. The van der Waals surface area contributed by atoms with E-state index in [1.807, 2.05) is 24.7 Å². The van der Waals surface area contributed by atoms with Crippen LogP contribution in [0.4, 0.5) is 0 Å². The highest BCUT2D eigenvalue weighted by atomic mass is 15.0. The Morgan fingerprint density at radius 3 is 1.95 bits per heavy atom. The van der Waals surface area contributed by atoms with Crippen molar-refractivity contribution in [2.75, 3.05) is 0 Å². The average molecular weight is 550 g/mol. The second-order valence-corrected chi connectivity index (χ2v) is 11.1. The molecule has 0 saturated heterocycles. The van der Waals surface area contributed by atoms with Crippen LogP contribution in [0.25, 0.3) is 82.4 Å². The van der Waals surface area contributed by atoms with Crippen LogP contribution in [0.15, 0.2) is 140 Å². The summed E-state index contributed by atoms with van der Waals surface area (Å²) < 4.78 is 6.95. The third kappa shape index (κ3) is 2.95. The highest BCUT2D eigenvalue weighted by Gasteiger charge is 2.22. The second-order valence-electron chi connectivity index (χ2n) is 11.1. The minimum Gasteiger partial charge on any atom is -0.309 e. The van der Waals surface area contributed by atoms with Gasteiger partial charge in [0.1, 0.15) is 11.3 Å². The van der Waals surface area contributed by atoms with E-state index in [1.54, 1.807) is 0 Å². The number of aromatic nitrogens is 5. The summed E-state index contributed by atoms with van der Waals surface area (Å²) in [5, 5.41) is 8.29. The zero-order valence-electron chi connectivity index (χ0n) is 23.0. The Hall–Kier alpha value is -5.94. The van der Waals surface area contributed by atoms with Crippen molar-refractivity contribution in [3.05, 3.63) is 140 Å². The quantitative estimate of drug-likeness (QED) is 0.202. The van der Waals surface area contributed by atoms with Crippen molar-refractivity contribution in [3.8, 4) is 11.4 Å². The molecule has 10 aromatic rings. The zero-order chi connectivity index (χ0) is 28.1. The number of imidazole rings is 1. The Labute approximate surface area is 245 Å². The van der Waals surface area contributed by atoms with Crippen molar-refractivity contribution in [2.45, 2.75) is 0 Å². The van der Waals surface area contributed by atoms with Gasteiger partial charge >= 0.3 is 0 Å². The molecule has 0 atom stereocenters.